The molecule has 2 N–H and O–H groups in total. The Hall–Kier alpha value is -3.00. The Morgan fingerprint density at radius 1 is 0.739 bits per heavy atom. The molecule has 0 spiro atoms. The number of rotatable bonds is 1. The first kappa shape index (κ1) is 12.5. The topological polar surface area (TPSA) is 27.8 Å². The van der Waals surface area contributed by atoms with Crippen LogP contribution >= 0.6 is 0 Å². The van der Waals surface area contributed by atoms with Crippen LogP contribution in [0.1, 0.15) is 22.9 Å². The van der Waals surface area contributed by atoms with Gasteiger partial charge in [-0.05, 0) is 34.7 Å². The van der Waals surface area contributed by atoms with E-state index in [1.165, 1.54) is 38.5 Å². The van der Waals surface area contributed by atoms with Gasteiger partial charge in [0.15, 0.2) is 0 Å². The molecule has 0 aliphatic carbocycles. The summed E-state index contributed by atoms with van der Waals surface area (Å²) in [4.78, 5) is 3.62. The van der Waals surface area contributed by atoms with Crippen molar-refractivity contribution in [1.29, 1.82) is 0 Å². The van der Waals surface area contributed by atoms with Crippen LogP contribution in [0.2, 0.25) is 0 Å². The Labute approximate surface area is 134 Å². The van der Waals surface area contributed by atoms with Crippen LogP contribution in [-0.4, -0.2) is 4.98 Å². The number of aromatic nitrogens is 1. The molecule has 2 heterocycles. The molecular formula is C21H16N2. The Kier molecular flexibility index (Phi) is 2.59. The Balaban J connectivity index is 1.78. The number of hydrogen-bond acceptors (Lipinski definition) is 1. The average Bonchev–Trinajstić information content (AvgIpc) is 3.00. The molecule has 4 aromatic rings. The lowest BCUT2D eigenvalue weighted by Gasteiger charge is -2.23. The zero-order chi connectivity index (χ0) is 15.2. The molecule has 1 aliphatic heterocycles. The van der Waals surface area contributed by atoms with Crippen molar-refractivity contribution in [2.45, 2.75) is 6.04 Å². The molecule has 0 bridgehead atoms. The van der Waals surface area contributed by atoms with Gasteiger partial charge >= 0.3 is 0 Å². The third-order valence-corrected chi connectivity index (χ3v) is 4.71. The summed E-state index contributed by atoms with van der Waals surface area (Å²) in [7, 11) is 0. The first-order valence-corrected chi connectivity index (χ1v) is 7.93. The van der Waals surface area contributed by atoms with E-state index in [4.69, 9.17) is 0 Å². The summed E-state index contributed by atoms with van der Waals surface area (Å²) >= 11 is 0. The van der Waals surface area contributed by atoms with Gasteiger partial charge in [0.25, 0.3) is 0 Å². The normalized spacial score (nSPS) is 16.4. The van der Waals surface area contributed by atoms with E-state index < -0.39 is 0 Å². The van der Waals surface area contributed by atoms with Gasteiger partial charge in [-0.3, -0.25) is 0 Å². The highest BCUT2D eigenvalue weighted by atomic mass is 14.9. The van der Waals surface area contributed by atoms with Crippen molar-refractivity contribution in [1.82, 2.24) is 10.3 Å². The summed E-state index contributed by atoms with van der Waals surface area (Å²) in [5, 5.41) is 7.39. The minimum atomic E-state index is 0.147. The number of para-hydroxylation sites is 1. The summed E-state index contributed by atoms with van der Waals surface area (Å²) in [5.74, 6) is 0. The molecule has 2 heteroatoms. The van der Waals surface area contributed by atoms with Crippen molar-refractivity contribution < 1.29 is 0 Å². The number of benzene rings is 3. The quantitative estimate of drug-likeness (QED) is 0.509. The second-order valence-corrected chi connectivity index (χ2v) is 6.00. The van der Waals surface area contributed by atoms with Crippen LogP contribution in [0.15, 0.2) is 72.9 Å². The highest BCUT2D eigenvalue weighted by Gasteiger charge is 2.23. The number of H-pyrrole nitrogens is 1. The highest BCUT2D eigenvalue weighted by Crippen LogP contribution is 2.36. The van der Waals surface area contributed by atoms with Crippen LogP contribution in [0, 0.1) is 0 Å². The first-order valence-electron chi connectivity index (χ1n) is 7.93. The fourth-order valence-corrected chi connectivity index (χ4v) is 3.65. The van der Waals surface area contributed by atoms with Gasteiger partial charge in [-0.2, -0.15) is 0 Å². The summed E-state index contributed by atoms with van der Waals surface area (Å²) in [6.07, 6.45) is 4.23. The lowest BCUT2D eigenvalue weighted by atomic mass is 9.93. The second kappa shape index (κ2) is 4.75. The summed E-state index contributed by atoms with van der Waals surface area (Å²) in [6.45, 7) is 0. The minimum absolute atomic E-state index is 0.147. The fourth-order valence-electron chi connectivity index (χ4n) is 3.65. The smallest absolute Gasteiger partial charge is 0.0926 e. The average molecular weight is 296 g/mol. The third kappa shape index (κ3) is 1.82. The second-order valence-electron chi connectivity index (χ2n) is 6.00. The molecule has 1 aromatic heterocycles. The number of aromatic amines is 1. The van der Waals surface area contributed by atoms with E-state index in [0.717, 1.165) is 0 Å². The standard InChI is InChI=1S/C21H16N2/c1-2-8-15-14(6-1)7-5-10-17(15)20-21-18(12-13-22-20)16-9-3-4-11-19(16)23-21/h1-13,20,22-23H. The van der Waals surface area contributed by atoms with Gasteiger partial charge in [0.1, 0.15) is 0 Å². The molecule has 1 atom stereocenters. The van der Waals surface area contributed by atoms with Gasteiger partial charge in [-0.15, -0.1) is 0 Å². The maximum atomic E-state index is 3.62. The van der Waals surface area contributed by atoms with Crippen molar-refractivity contribution >= 4 is 27.8 Å². The summed E-state index contributed by atoms with van der Waals surface area (Å²) in [6, 6.07) is 23.7. The van der Waals surface area contributed by atoms with E-state index in [1.54, 1.807) is 0 Å². The van der Waals surface area contributed by atoms with Crippen LogP contribution in [0.25, 0.3) is 27.8 Å². The molecule has 1 aliphatic rings. The number of fused-ring (bicyclic) bond motifs is 4. The van der Waals surface area contributed by atoms with E-state index in [-0.39, 0.29) is 6.04 Å². The van der Waals surface area contributed by atoms with Gasteiger partial charge in [-0.25, -0.2) is 0 Å². The number of nitrogens with one attached hydrogen (secondary N) is 2. The van der Waals surface area contributed by atoms with Gasteiger partial charge in [0.2, 0.25) is 0 Å². The summed E-state index contributed by atoms with van der Waals surface area (Å²) < 4.78 is 0. The predicted molar refractivity (Wildman–Crippen MR) is 96.3 cm³/mol. The molecule has 0 amide bonds. The molecule has 110 valence electrons. The Bertz CT molecular complexity index is 1050. The third-order valence-electron chi connectivity index (χ3n) is 4.71. The van der Waals surface area contributed by atoms with Gasteiger partial charge < -0.3 is 10.3 Å². The van der Waals surface area contributed by atoms with Crippen molar-refractivity contribution in [2.75, 3.05) is 0 Å². The molecule has 0 saturated carbocycles. The fraction of sp³-hybridized carbons (Fsp3) is 0.0476. The van der Waals surface area contributed by atoms with Gasteiger partial charge in [-0.1, -0.05) is 60.7 Å². The van der Waals surface area contributed by atoms with E-state index >= 15 is 0 Å². The van der Waals surface area contributed by atoms with Gasteiger partial charge in [0.05, 0.1) is 11.7 Å². The Morgan fingerprint density at radius 2 is 1.52 bits per heavy atom. The highest BCUT2D eigenvalue weighted by molar-refractivity contribution is 5.92. The maximum absolute atomic E-state index is 3.62. The summed E-state index contributed by atoms with van der Waals surface area (Å²) in [5.41, 5.74) is 5.03. The lowest BCUT2D eigenvalue weighted by Crippen LogP contribution is -2.21. The van der Waals surface area contributed by atoms with E-state index in [1.807, 2.05) is 0 Å². The zero-order valence-electron chi connectivity index (χ0n) is 12.6. The van der Waals surface area contributed by atoms with Gasteiger partial charge in [0, 0.05) is 16.5 Å². The SMILES string of the molecule is C1=Cc2c([nH]c3ccccc23)C(c2cccc3ccccc23)N1. The molecule has 5 rings (SSSR count). The largest absolute Gasteiger partial charge is 0.379 e. The van der Waals surface area contributed by atoms with Crippen molar-refractivity contribution in [3.05, 3.63) is 89.8 Å². The van der Waals surface area contributed by atoms with Crippen LogP contribution < -0.4 is 5.32 Å². The van der Waals surface area contributed by atoms with E-state index in [9.17, 15) is 0 Å². The monoisotopic (exact) mass is 296 g/mol. The van der Waals surface area contributed by atoms with Crippen LogP contribution in [-0.2, 0) is 0 Å². The van der Waals surface area contributed by atoms with Crippen LogP contribution in [0.4, 0.5) is 0 Å². The van der Waals surface area contributed by atoms with Crippen molar-refractivity contribution in [2.24, 2.45) is 0 Å². The molecule has 23 heavy (non-hydrogen) atoms. The molecule has 2 nitrogen and oxygen atoms in total. The molecule has 1 unspecified atom stereocenters. The van der Waals surface area contributed by atoms with Crippen molar-refractivity contribution in [3.63, 3.8) is 0 Å². The predicted octanol–water partition coefficient (Wildman–Crippen LogP) is 4.98. The molecular weight excluding hydrogens is 280 g/mol. The number of hydrogen-bond donors (Lipinski definition) is 2. The van der Waals surface area contributed by atoms with Crippen LogP contribution in [0.3, 0.4) is 0 Å². The minimum Gasteiger partial charge on any atom is -0.379 e. The van der Waals surface area contributed by atoms with E-state index in [2.05, 4.69) is 89.3 Å². The Morgan fingerprint density at radius 3 is 2.48 bits per heavy atom. The van der Waals surface area contributed by atoms with Crippen molar-refractivity contribution in [3.8, 4) is 0 Å². The maximum Gasteiger partial charge on any atom is 0.0926 e. The first-order chi connectivity index (χ1) is 11.4. The van der Waals surface area contributed by atoms with Crippen LogP contribution in [0.5, 0.6) is 0 Å². The molecule has 3 aromatic carbocycles. The molecule has 0 radical (unpaired) electrons. The van der Waals surface area contributed by atoms with E-state index in [0.29, 0.717) is 0 Å². The molecule has 0 saturated heterocycles. The lowest BCUT2D eigenvalue weighted by molar-refractivity contribution is 0.709. The zero-order valence-corrected chi connectivity index (χ0v) is 12.6. The molecule has 0 fully saturated rings.